The average Bonchev–Trinajstić information content (AvgIpc) is 2.50. The number of nitrogens with one attached hydrogen (secondary N) is 1. The molecule has 1 aromatic heterocycles. The highest BCUT2D eigenvalue weighted by molar-refractivity contribution is 7.87. The van der Waals surface area contributed by atoms with E-state index in [1.807, 2.05) is 0 Å². The normalized spacial score (nSPS) is 11.2. The molecule has 0 radical (unpaired) electrons. The summed E-state index contributed by atoms with van der Waals surface area (Å²) in [7, 11) is -1.95. The summed E-state index contributed by atoms with van der Waals surface area (Å²) in [5.74, 6) is -0.413. The summed E-state index contributed by atoms with van der Waals surface area (Å²) in [4.78, 5) is 34.5. The van der Waals surface area contributed by atoms with Crippen LogP contribution in [0.25, 0.3) is 0 Å². The minimum absolute atomic E-state index is 0.0360. The number of hydrogen-bond acceptors (Lipinski definition) is 6. The maximum atomic E-state index is 12.6. The molecular weight excluding hydrogens is 350 g/mol. The lowest BCUT2D eigenvalue weighted by Gasteiger charge is -2.13. The van der Waals surface area contributed by atoms with Gasteiger partial charge in [0.05, 0.1) is 0 Å². The van der Waals surface area contributed by atoms with Crippen molar-refractivity contribution in [2.24, 2.45) is 14.1 Å². The molecule has 0 bridgehead atoms. The zero-order valence-corrected chi connectivity index (χ0v) is 14.9. The number of amides is 1. The van der Waals surface area contributed by atoms with Gasteiger partial charge in [-0.2, -0.15) is 8.42 Å². The van der Waals surface area contributed by atoms with Gasteiger partial charge in [-0.15, -0.1) is 0 Å². The first-order chi connectivity index (χ1) is 11.5. The van der Waals surface area contributed by atoms with Gasteiger partial charge in [-0.1, -0.05) is 6.07 Å². The van der Waals surface area contributed by atoms with Crippen molar-refractivity contribution in [2.75, 3.05) is 5.32 Å². The SMILES string of the molecule is CC(=O)Nc1cccc(OS(=O)(=O)c2c(C)n(C)c(=O)n(C)c2=O)c1. The summed E-state index contributed by atoms with van der Waals surface area (Å²) in [6.45, 7) is 2.65. The van der Waals surface area contributed by atoms with Crippen LogP contribution in [-0.4, -0.2) is 23.5 Å². The molecule has 0 aliphatic heterocycles. The van der Waals surface area contributed by atoms with E-state index in [9.17, 15) is 22.8 Å². The van der Waals surface area contributed by atoms with E-state index >= 15 is 0 Å². The fraction of sp³-hybridized carbons (Fsp3) is 0.267. The van der Waals surface area contributed by atoms with Crippen molar-refractivity contribution in [3.8, 4) is 5.75 Å². The Morgan fingerprint density at radius 1 is 1.16 bits per heavy atom. The molecule has 2 rings (SSSR count). The van der Waals surface area contributed by atoms with Crippen LogP contribution in [0.1, 0.15) is 12.6 Å². The fourth-order valence-corrected chi connectivity index (χ4v) is 3.49. The second-order valence-corrected chi connectivity index (χ2v) is 6.85. The molecule has 9 nitrogen and oxygen atoms in total. The number of carbonyl (C=O) groups is 1. The first kappa shape index (κ1) is 18.5. The van der Waals surface area contributed by atoms with Crippen molar-refractivity contribution >= 4 is 21.7 Å². The third kappa shape index (κ3) is 3.63. The van der Waals surface area contributed by atoms with Crippen LogP contribution >= 0.6 is 0 Å². The average molecular weight is 367 g/mol. The number of anilines is 1. The van der Waals surface area contributed by atoms with Crippen LogP contribution in [0.4, 0.5) is 5.69 Å². The van der Waals surface area contributed by atoms with Gasteiger partial charge >= 0.3 is 15.8 Å². The minimum atomic E-state index is -4.49. The summed E-state index contributed by atoms with van der Waals surface area (Å²) in [5, 5.41) is 2.49. The van der Waals surface area contributed by atoms with Crippen LogP contribution in [0, 0.1) is 6.92 Å². The molecule has 1 heterocycles. The standard InChI is InChI=1S/C15H17N3O6S/c1-9-13(14(20)18(4)15(21)17(9)3)25(22,23)24-12-7-5-6-11(8-12)16-10(2)19/h5-8H,1-4H3,(H,16,19). The molecule has 25 heavy (non-hydrogen) atoms. The molecule has 0 spiro atoms. The molecule has 0 fully saturated rings. The highest BCUT2D eigenvalue weighted by Gasteiger charge is 2.27. The predicted molar refractivity (Wildman–Crippen MR) is 90.2 cm³/mol. The lowest BCUT2D eigenvalue weighted by molar-refractivity contribution is -0.114. The van der Waals surface area contributed by atoms with Crippen molar-refractivity contribution < 1.29 is 17.4 Å². The molecule has 134 valence electrons. The van der Waals surface area contributed by atoms with E-state index in [0.29, 0.717) is 10.3 Å². The smallest absolute Gasteiger partial charge is 0.346 e. The van der Waals surface area contributed by atoms with Gasteiger partial charge in [-0.3, -0.25) is 18.7 Å². The van der Waals surface area contributed by atoms with Gasteiger partial charge in [0.25, 0.3) is 5.56 Å². The zero-order chi connectivity index (χ0) is 18.9. The first-order valence-corrected chi connectivity index (χ1v) is 8.54. The second kappa shape index (κ2) is 6.55. The Hall–Kier alpha value is -2.88. The molecule has 0 saturated heterocycles. The third-order valence-corrected chi connectivity index (χ3v) is 4.90. The van der Waals surface area contributed by atoms with Crippen LogP contribution in [0.2, 0.25) is 0 Å². The number of rotatable bonds is 4. The Morgan fingerprint density at radius 2 is 1.80 bits per heavy atom. The van der Waals surface area contributed by atoms with E-state index in [1.54, 1.807) is 6.07 Å². The van der Waals surface area contributed by atoms with Crippen LogP contribution < -0.4 is 20.7 Å². The summed E-state index contributed by atoms with van der Waals surface area (Å²) >= 11 is 0. The van der Waals surface area contributed by atoms with Crippen molar-refractivity contribution in [1.82, 2.24) is 9.13 Å². The van der Waals surface area contributed by atoms with E-state index in [-0.39, 0.29) is 17.4 Å². The van der Waals surface area contributed by atoms with Gasteiger partial charge in [0, 0.05) is 38.5 Å². The number of carbonyl (C=O) groups excluding carboxylic acids is 1. The predicted octanol–water partition coefficient (Wildman–Crippen LogP) is 0.119. The Kier molecular flexibility index (Phi) is 4.84. The topological polar surface area (TPSA) is 116 Å². The monoisotopic (exact) mass is 367 g/mol. The van der Waals surface area contributed by atoms with Gasteiger partial charge < -0.3 is 9.50 Å². The molecule has 1 N–H and O–H groups in total. The number of aromatic nitrogens is 2. The summed E-state index contributed by atoms with van der Waals surface area (Å²) in [6.07, 6.45) is 0. The van der Waals surface area contributed by atoms with Crippen molar-refractivity contribution in [2.45, 2.75) is 18.7 Å². The molecular formula is C15H17N3O6S. The largest absolute Gasteiger partial charge is 0.379 e. The highest BCUT2D eigenvalue weighted by atomic mass is 32.2. The molecule has 0 atom stereocenters. The molecule has 1 amide bonds. The Balaban J connectivity index is 2.53. The summed E-state index contributed by atoms with van der Waals surface area (Å²) in [6, 6.07) is 5.71. The maximum absolute atomic E-state index is 12.6. The fourth-order valence-electron chi connectivity index (χ4n) is 2.20. The van der Waals surface area contributed by atoms with E-state index in [4.69, 9.17) is 4.18 Å². The van der Waals surface area contributed by atoms with E-state index in [2.05, 4.69) is 5.32 Å². The quantitative estimate of drug-likeness (QED) is 0.767. The Labute approximate surface area is 143 Å². The number of hydrogen-bond donors (Lipinski definition) is 1. The van der Waals surface area contributed by atoms with Gasteiger partial charge in [-0.25, -0.2) is 4.79 Å². The van der Waals surface area contributed by atoms with Gasteiger partial charge in [0.15, 0.2) is 4.90 Å². The second-order valence-electron chi connectivity index (χ2n) is 5.37. The highest BCUT2D eigenvalue weighted by Crippen LogP contribution is 2.21. The third-order valence-electron chi connectivity index (χ3n) is 3.51. The molecule has 1 aromatic carbocycles. The molecule has 10 heteroatoms. The summed E-state index contributed by atoms with van der Waals surface area (Å²) in [5.41, 5.74) is -1.32. The lowest BCUT2D eigenvalue weighted by atomic mass is 10.3. The van der Waals surface area contributed by atoms with Crippen molar-refractivity contribution in [3.63, 3.8) is 0 Å². The molecule has 0 unspecified atom stereocenters. The number of benzene rings is 1. The molecule has 2 aromatic rings. The van der Waals surface area contributed by atoms with Crippen LogP contribution in [0.3, 0.4) is 0 Å². The van der Waals surface area contributed by atoms with Crippen LogP contribution in [-0.2, 0) is 29.0 Å². The van der Waals surface area contributed by atoms with Crippen LogP contribution in [0.5, 0.6) is 5.75 Å². The minimum Gasteiger partial charge on any atom is -0.379 e. The van der Waals surface area contributed by atoms with Crippen molar-refractivity contribution in [1.29, 1.82) is 0 Å². The van der Waals surface area contributed by atoms with Gasteiger partial charge in [-0.05, 0) is 19.1 Å². The van der Waals surface area contributed by atoms with E-state index in [1.165, 1.54) is 46.1 Å². The molecule has 0 aliphatic rings. The Morgan fingerprint density at radius 3 is 2.40 bits per heavy atom. The Bertz CT molecular complexity index is 1070. The van der Waals surface area contributed by atoms with Crippen molar-refractivity contribution in [3.05, 3.63) is 50.8 Å². The molecule has 0 saturated carbocycles. The van der Waals surface area contributed by atoms with Gasteiger partial charge in [0.2, 0.25) is 5.91 Å². The van der Waals surface area contributed by atoms with E-state index in [0.717, 1.165) is 4.57 Å². The lowest BCUT2D eigenvalue weighted by Crippen LogP contribution is -2.41. The zero-order valence-electron chi connectivity index (χ0n) is 14.1. The maximum Gasteiger partial charge on any atom is 0.346 e. The molecule has 0 aliphatic carbocycles. The first-order valence-electron chi connectivity index (χ1n) is 7.13. The number of nitrogens with zero attached hydrogens (tertiary/aromatic N) is 2. The van der Waals surface area contributed by atoms with E-state index < -0.39 is 26.3 Å². The summed E-state index contributed by atoms with van der Waals surface area (Å²) < 4.78 is 31.9. The van der Waals surface area contributed by atoms with Gasteiger partial charge in [0.1, 0.15) is 5.75 Å². The van der Waals surface area contributed by atoms with Crippen LogP contribution in [0.15, 0.2) is 38.8 Å².